The van der Waals surface area contributed by atoms with Crippen LogP contribution in [-0.4, -0.2) is 5.51 Å². The van der Waals surface area contributed by atoms with E-state index in [4.69, 9.17) is 23.2 Å². The maximum atomic E-state index is 12.0. The van der Waals surface area contributed by atoms with Crippen molar-refractivity contribution in [2.24, 2.45) is 0 Å². The summed E-state index contributed by atoms with van der Waals surface area (Å²) in [6.45, 7) is 1.57. The summed E-state index contributed by atoms with van der Waals surface area (Å²) in [5.74, 6) is 0. The fourth-order valence-electron chi connectivity index (χ4n) is 0.840. The van der Waals surface area contributed by atoms with Crippen LogP contribution in [0.3, 0.4) is 0 Å². The van der Waals surface area contributed by atoms with Crippen molar-refractivity contribution < 1.29 is 13.2 Å². The minimum Gasteiger partial charge on any atom is -0.160 e. The molecule has 0 unspecified atom stereocenters. The zero-order chi connectivity index (χ0) is 10.9. The lowest BCUT2D eigenvalue weighted by molar-refractivity contribution is -0.0328. The van der Waals surface area contributed by atoms with Gasteiger partial charge in [-0.2, -0.15) is 13.2 Å². The van der Waals surface area contributed by atoms with Gasteiger partial charge in [0.1, 0.15) is 0 Å². The van der Waals surface area contributed by atoms with Crippen molar-refractivity contribution in [3.8, 4) is 0 Å². The molecule has 18 heavy (non-hydrogen) atoms. The average molecular weight is 407 g/mol. The molecule has 0 heterocycles. The second kappa shape index (κ2) is 10.8. The predicted molar refractivity (Wildman–Crippen MR) is 82.1 cm³/mol. The van der Waals surface area contributed by atoms with Gasteiger partial charge >= 0.3 is 5.51 Å². The maximum absolute atomic E-state index is 12.0. The fraction of sp³-hybridized carbons (Fsp3) is 0.250. The smallest absolute Gasteiger partial charge is 0.160 e. The lowest BCUT2D eigenvalue weighted by atomic mass is 10.2. The number of hydrogen-bond acceptors (Lipinski definition) is 1. The van der Waals surface area contributed by atoms with Crippen molar-refractivity contribution >= 4 is 84.6 Å². The third-order valence-corrected chi connectivity index (χ3v) is 3.31. The van der Waals surface area contributed by atoms with Crippen LogP contribution in [0.25, 0.3) is 0 Å². The van der Waals surface area contributed by atoms with Gasteiger partial charge in [0, 0.05) is 9.92 Å². The first-order valence-corrected chi connectivity index (χ1v) is 5.09. The Morgan fingerprint density at radius 3 is 1.83 bits per heavy atom. The quantitative estimate of drug-likeness (QED) is 0.473. The Kier molecular flexibility index (Phi) is 16.5. The molecule has 0 fully saturated rings. The van der Waals surface area contributed by atoms with E-state index in [1.54, 1.807) is 6.92 Å². The Morgan fingerprint density at radius 2 is 1.44 bits per heavy atom. The molecule has 10 heteroatoms. The topological polar surface area (TPSA) is 0 Å². The Bertz CT molecular complexity index is 357. The molecule has 1 aromatic rings. The van der Waals surface area contributed by atoms with Crippen LogP contribution in [0.2, 0.25) is 10.0 Å². The van der Waals surface area contributed by atoms with Gasteiger partial charge in [0.2, 0.25) is 0 Å². The molecule has 1 rings (SSSR count). The highest BCUT2D eigenvalue weighted by atomic mass is 35.5. The van der Waals surface area contributed by atoms with E-state index in [-0.39, 0.29) is 71.3 Å². The van der Waals surface area contributed by atoms with Crippen LogP contribution in [0.5, 0.6) is 0 Å². The molecule has 0 saturated heterocycles. The van der Waals surface area contributed by atoms with Crippen LogP contribution < -0.4 is 0 Å². The van der Waals surface area contributed by atoms with Crippen LogP contribution in [0.4, 0.5) is 13.2 Å². The Labute approximate surface area is 142 Å². The first-order chi connectivity index (χ1) is 6.31. The molecule has 0 saturated carbocycles. The molecule has 0 amide bonds. The number of benzene rings is 1. The number of thioether (sulfide) groups is 1. The maximum Gasteiger partial charge on any atom is 0.446 e. The Morgan fingerprint density at radius 1 is 1.00 bits per heavy atom. The standard InChI is InChI=1S/C8H5Cl2F3S.4ClH/c1-4-5(9)2-3-6(7(4)10)14-8(11,12)13;;;;/h2-3H,1H3;4*1H. The SMILES string of the molecule is Cc1c(Cl)ccc(SC(F)(F)F)c1Cl.Cl.Cl.Cl.Cl. The van der Waals surface area contributed by atoms with E-state index in [0.29, 0.717) is 10.6 Å². The minimum absolute atomic E-state index is 0. The Balaban J connectivity index is -0.000000245. The molecule has 0 N–H and O–H groups in total. The van der Waals surface area contributed by atoms with Crippen molar-refractivity contribution in [2.45, 2.75) is 17.3 Å². The lowest BCUT2D eigenvalue weighted by Gasteiger charge is -2.09. The van der Waals surface area contributed by atoms with Crippen molar-refractivity contribution in [1.29, 1.82) is 0 Å². The fourth-order valence-corrected chi connectivity index (χ4v) is 1.95. The van der Waals surface area contributed by atoms with Crippen molar-refractivity contribution in [3.63, 3.8) is 0 Å². The monoisotopic (exact) mass is 404 g/mol. The number of halogens is 9. The van der Waals surface area contributed by atoms with Crippen molar-refractivity contribution in [2.75, 3.05) is 0 Å². The summed E-state index contributed by atoms with van der Waals surface area (Å²) in [6.07, 6.45) is 0. The van der Waals surface area contributed by atoms with Gasteiger partial charge in [0.15, 0.2) is 0 Å². The lowest BCUT2D eigenvalue weighted by Crippen LogP contribution is -1.99. The normalized spacial score (nSPS) is 9.22. The van der Waals surface area contributed by atoms with Crippen molar-refractivity contribution in [1.82, 2.24) is 0 Å². The van der Waals surface area contributed by atoms with Gasteiger partial charge in [-0.25, -0.2) is 0 Å². The molecule has 0 aliphatic rings. The molecular formula is C8H9Cl6F3S. The van der Waals surface area contributed by atoms with E-state index >= 15 is 0 Å². The zero-order valence-electron chi connectivity index (χ0n) is 8.59. The van der Waals surface area contributed by atoms with Gasteiger partial charge in [-0.3, -0.25) is 0 Å². The van der Waals surface area contributed by atoms with Crippen LogP contribution >= 0.6 is 84.6 Å². The Hall–Kier alpha value is 1.10. The predicted octanol–water partition coefficient (Wildman–Crippen LogP) is 6.60. The third kappa shape index (κ3) is 8.31. The molecular weight excluding hydrogens is 398 g/mol. The van der Waals surface area contributed by atoms with Crippen LogP contribution in [0, 0.1) is 6.92 Å². The average Bonchev–Trinajstić information content (AvgIpc) is 2.04. The zero-order valence-corrected chi connectivity index (χ0v) is 14.2. The minimum atomic E-state index is -4.33. The van der Waals surface area contributed by atoms with E-state index in [1.165, 1.54) is 12.1 Å². The van der Waals surface area contributed by atoms with Gasteiger partial charge in [0.05, 0.1) is 5.02 Å². The summed E-state index contributed by atoms with van der Waals surface area (Å²) in [5, 5.41) is 0.418. The summed E-state index contributed by atoms with van der Waals surface area (Å²) in [4.78, 5) is -0.0268. The highest BCUT2D eigenvalue weighted by molar-refractivity contribution is 8.00. The highest BCUT2D eigenvalue weighted by Gasteiger charge is 2.30. The van der Waals surface area contributed by atoms with E-state index in [2.05, 4.69) is 0 Å². The van der Waals surface area contributed by atoms with Gasteiger partial charge < -0.3 is 0 Å². The van der Waals surface area contributed by atoms with Crippen molar-refractivity contribution in [3.05, 3.63) is 27.7 Å². The molecule has 110 valence electrons. The van der Waals surface area contributed by atoms with Gasteiger partial charge in [-0.05, 0) is 36.4 Å². The summed E-state index contributed by atoms with van der Waals surface area (Å²) >= 11 is 11.1. The summed E-state index contributed by atoms with van der Waals surface area (Å²) in [6, 6.07) is 2.66. The third-order valence-electron chi connectivity index (χ3n) is 1.51. The second-order valence-electron chi connectivity index (χ2n) is 2.53. The number of alkyl halides is 3. The van der Waals surface area contributed by atoms with Crippen LogP contribution in [-0.2, 0) is 0 Å². The van der Waals surface area contributed by atoms with Crippen LogP contribution in [0.15, 0.2) is 17.0 Å². The van der Waals surface area contributed by atoms with E-state index in [1.807, 2.05) is 0 Å². The molecule has 0 aliphatic carbocycles. The molecule has 0 radical (unpaired) electrons. The first-order valence-electron chi connectivity index (χ1n) is 3.51. The van der Waals surface area contributed by atoms with E-state index in [9.17, 15) is 13.2 Å². The van der Waals surface area contributed by atoms with E-state index in [0.717, 1.165) is 0 Å². The highest BCUT2D eigenvalue weighted by Crippen LogP contribution is 2.42. The van der Waals surface area contributed by atoms with Gasteiger partial charge in [-0.15, -0.1) is 49.6 Å². The molecule has 0 atom stereocenters. The second-order valence-corrected chi connectivity index (χ2v) is 4.42. The number of hydrogen-bond donors (Lipinski definition) is 0. The number of rotatable bonds is 1. The van der Waals surface area contributed by atoms with Gasteiger partial charge in [-0.1, -0.05) is 23.2 Å². The summed E-state index contributed by atoms with van der Waals surface area (Å²) < 4.78 is 36.1. The van der Waals surface area contributed by atoms with E-state index < -0.39 is 5.51 Å². The molecule has 0 bridgehead atoms. The molecule has 0 nitrogen and oxygen atoms in total. The largest absolute Gasteiger partial charge is 0.446 e. The summed E-state index contributed by atoms with van der Waals surface area (Å²) in [7, 11) is 0. The molecule has 0 aliphatic heterocycles. The van der Waals surface area contributed by atoms with Gasteiger partial charge in [0.25, 0.3) is 0 Å². The first kappa shape index (κ1) is 27.4. The molecule has 0 aromatic heterocycles. The molecule has 0 spiro atoms. The summed E-state index contributed by atoms with van der Waals surface area (Å²) in [5.41, 5.74) is -3.87. The molecule has 1 aromatic carbocycles. The van der Waals surface area contributed by atoms with Crippen LogP contribution in [0.1, 0.15) is 5.56 Å².